The smallest absolute Gasteiger partial charge is 0.289 e. The molecular weight excluding hydrogens is 326 g/mol. The van der Waals surface area contributed by atoms with E-state index in [1.165, 1.54) is 0 Å². The van der Waals surface area contributed by atoms with Gasteiger partial charge in [-0.25, -0.2) is 9.50 Å². The van der Waals surface area contributed by atoms with Gasteiger partial charge in [0, 0.05) is 11.7 Å². The van der Waals surface area contributed by atoms with Crippen molar-refractivity contribution in [3.63, 3.8) is 0 Å². The van der Waals surface area contributed by atoms with Crippen LogP contribution in [-0.4, -0.2) is 31.0 Å². The summed E-state index contributed by atoms with van der Waals surface area (Å²) in [6, 6.07) is 5.92. The Hall–Kier alpha value is -2.76. The van der Waals surface area contributed by atoms with Gasteiger partial charge in [0.25, 0.3) is 5.91 Å². The van der Waals surface area contributed by atoms with E-state index < -0.39 is 0 Å². The number of imidazole rings is 1. The lowest BCUT2D eigenvalue weighted by Gasteiger charge is -2.25. The van der Waals surface area contributed by atoms with E-state index in [9.17, 15) is 4.79 Å². The van der Waals surface area contributed by atoms with Crippen LogP contribution in [0.15, 0.2) is 30.6 Å². The monoisotopic (exact) mass is 349 g/mol. The van der Waals surface area contributed by atoms with E-state index in [0.29, 0.717) is 11.7 Å². The molecule has 3 heterocycles. The van der Waals surface area contributed by atoms with Gasteiger partial charge >= 0.3 is 0 Å². The summed E-state index contributed by atoms with van der Waals surface area (Å²) in [5.74, 6) is 0.660. The van der Waals surface area contributed by atoms with Crippen LogP contribution >= 0.6 is 0 Å². The molecule has 0 radical (unpaired) electrons. The van der Waals surface area contributed by atoms with Crippen LogP contribution in [0, 0.1) is 19.8 Å². The molecule has 0 saturated heterocycles. The van der Waals surface area contributed by atoms with Gasteiger partial charge in [0.2, 0.25) is 5.82 Å². The number of aryl methyl sites for hydroxylation is 2. The van der Waals surface area contributed by atoms with Crippen molar-refractivity contribution in [2.24, 2.45) is 5.92 Å². The van der Waals surface area contributed by atoms with E-state index in [2.05, 4.69) is 34.2 Å². The zero-order valence-corrected chi connectivity index (χ0v) is 15.6. The number of nitrogens with zero attached hydrogens (tertiary/aromatic N) is 4. The average Bonchev–Trinajstić information content (AvgIpc) is 3.36. The predicted octanol–water partition coefficient (Wildman–Crippen LogP) is 3.33. The Morgan fingerprint density at radius 1 is 1.15 bits per heavy atom. The van der Waals surface area contributed by atoms with Gasteiger partial charge in [-0.05, 0) is 69.7 Å². The Balaban J connectivity index is 1.74. The minimum absolute atomic E-state index is 0.192. The van der Waals surface area contributed by atoms with Gasteiger partial charge in [-0.15, -0.1) is 0 Å². The molecule has 3 aromatic rings. The molecular formula is C20H23N5O. The van der Waals surface area contributed by atoms with Crippen LogP contribution in [0.5, 0.6) is 0 Å². The Labute approximate surface area is 152 Å². The Morgan fingerprint density at radius 3 is 2.58 bits per heavy atom. The Bertz CT molecular complexity index is 983. The summed E-state index contributed by atoms with van der Waals surface area (Å²) >= 11 is 0. The van der Waals surface area contributed by atoms with Crippen LogP contribution in [0.25, 0.3) is 16.9 Å². The summed E-state index contributed by atoms with van der Waals surface area (Å²) in [6.45, 7) is 8.13. The largest absolute Gasteiger partial charge is 0.344 e. The number of carbonyl (C=O) groups is 1. The molecule has 3 aromatic heterocycles. The van der Waals surface area contributed by atoms with Gasteiger partial charge in [-0.3, -0.25) is 9.78 Å². The van der Waals surface area contributed by atoms with Crippen LogP contribution < -0.4 is 5.32 Å². The number of amides is 1. The zero-order valence-electron chi connectivity index (χ0n) is 15.6. The van der Waals surface area contributed by atoms with Gasteiger partial charge in [0.05, 0.1) is 17.4 Å². The molecule has 0 aliphatic heterocycles. The Kier molecular flexibility index (Phi) is 3.79. The number of rotatable bonds is 4. The van der Waals surface area contributed by atoms with Crippen molar-refractivity contribution in [2.45, 2.75) is 46.1 Å². The van der Waals surface area contributed by atoms with Crippen molar-refractivity contribution in [1.29, 1.82) is 0 Å². The van der Waals surface area contributed by atoms with E-state index in [1.807, 2.05) is 38.2 Å². The molecule has 0 aromatic carbocycles. The number of pyridine rings is 1. The van der Waals surface area contributed by atoms with E-state index in [1.54, 1.807) is 10.7 Å². The van der Waals surface area contributed by atoms with Crippen molar-refractivity contribution in [2.75, 3.05) is 0 Å². The average molecular weight is 349 g/mol. The maximum atomic E-state index is 12.8. The maximum absolute atomic E-state index is 12.8. The first-order valence-corrected chi connectivity index (χ1v) is 8.96. The summed E-state index contributed by atoms with van der Waals surface area (Å²) < 4.78 is 1.63. The Morgan fingerprint density at radius 2 is 1.92 bits per heavy atom. The van der Waals surface area contributed by atoms with Gasteiger partial charge in [0.15, 0.2) is 0 Å². The number of hydrogen-bond acceptors (Lipinski definition) is 4. The van der Waals surface area contributed by atoms with Gasteiger partial charge < -0.3 is 5.32 Å². The van der Waals surface area contributed by atoms with Crippen molar-refractivity contribution in [3.8, 4) is 11.4 Å². The number of hydrogen-bond donors (Lipinski definition) is 1. The highest BCUT2D eigenvalue weighted by atomic mass is 16.2. The minimum atomic E-state index is -0.228. The van der Waals surface area contributed by atoms with Crippen LogP contribution in [0.4, 0.5) is 0 Å². The molecule has 1 N–H and O–H groups in total. The second-order valence-corrected chi connectivity index (χ2v) is 7.76. The van der Waals surface area contributed by atoms with Crippen LogP contribution in [0.3, 0.4) is 0 Å². The molecule has 1 saturated carbocycles. The standard InChI is InChI=1S/C20H23N5O/c1-12-5-8-15(21-10-12)16-9-13(2)17-11-22-18(25(17)24-16)19(26)23-20(3,4)14-6-7-14/h5,8-11,14H,6-7H2,1-4H3,(H,23,26). The molecule has 6 nitrogen and oxygen atoms in total. The summed E-state index contributed by atoms with van der Waals surface area (Å²) in [5.41, 5.74) is 4.20. The fourth-order valence-electron chi connectivity index (χ4n) is 3.29. The summed E-state index contributed by atoms with van der Waals surface area (Å²) in [7, 11) is 0. The van der Waals surface area contributed by atoms with Crippen molar-refractivity contribution >= 4 is 11.4 Å². The van der Waals surface area contributed by atoms with E-state index >= 15 is 0 Å². The van der Waals surface area contributed by atoms with Crippen LogP contribution in [0.2, 0.25) is 0 Å². The van der Waals surface area contributed by atoms with Crippen molar-refractivity contribution in [3.05, 3.63) is 47.5 Å². The summed E-state index contributed by atoms with van der Waals surface area (Å²) in [4.78, 5) is 21.6. The molecule has 134 valence electrons. The first-order valence-electron chi connectivity index (χ1n) is 8.96. The zero-order chi connectivity index (χ0) is 18.5. The summed E-state index contributed by atoms with van der Waals surface area (Å²) in [6.07, 6.45) is 5.84. The third kappa shape index (κ3) is 2.96. The number of aromatic nitrogens is 4. The van der Waals surface area contributed by atoms with Crippen LogP contribution in [0.1, 0.15) is 48.4 Å². The molecule has 1 aliphatic rings. The number of carbonyl (C=O) groups excluding carboxylic acids is 1. The van der Waals surface area contributed by atoms with Gasteiger partial charge in [-0.1, -0.05) is 6.07 Å². The molecule has 0 atom stereocenters. The van der Waals surface area contributed by atoms with E-state index in [-0.39, 0.29) is 11.4 Å². The fourth-order valence-corrected chi connectivity index (χ4v) is 3.29. The molecule has 1 aliphatic carbocycles. The van der Waals surface area contributed by atoms with E-state index in [4.69, 9.17) is 0 Å². The lowest BCUT2D eigenvalue weighted by Crippen LogP contribution is -2.45. The molecule has 6 heteroatoms. The quantitative estimate of drug-likeness (QED) is 0.784. The number of fused-ring (bicyclic) bond motifs is 1. The SMILES string of the molecule is Cc1ccc(-c2cc(C)c3cnc(C(=O)NC(C)(C)C4CC4)n3n2)nc1. The first kappa shape index (κ1) is 16.7. The molecule has 0 bridgehead atoms. The van der Waals surface area contributed by atoms with Crippen molar-refractivity contribution in [1.82, 2.24) is 24.9 Å². The lowest BCUT2D eigenvalue weighted by molar-refractivity contribution is 0.0890. The highest BCUT2D eigenvalue weighted by Crippen LogP contribution is 2.39. The fraction of sp³-hybridized carbons (Fsp3) is 0.400. The molecule has 1 fully saturated rings. The minimum Gasteiger partial charge on any atom is -0.344 e. The lowest BCUT2D eigenvalue weighted by atomic mass is 9.99. The van der Waals surface area contributed by atoms with Crippen molar-refractivity contribution < 1.29 is 4.79 Å². The molecule has 1 amide bonds. The van der Waals surface area contributed by atoms with Crippen LogP contribution in [-0.2, 0) is 0 Å². The van der Waals surface area contributed by atoms with Gasteiger partial charge in [0.1, 0.15) is 5.69 Å². The maximum Gasteiger partial charge on any atom is 0.289 e. The third-order valence-corrected chi connectivity index (χ3v) is 5.11. The van der Waals surface area contributed by atoms with E-state index in [0.717, 1.165) is 40.9 Å². The number of nitrogens with one attached hydrogen (secondary N) is 1. The highest BCUT2D eigenvalue weighted by molar-refractivity contribution is 5.92. The molecule has 26 heavy (non-hydrogen) atoms. The summed E-state index contributed by atoms with van der Waals surface area (Å²) in [5, 5.41) is 7.76. The second kappa shape index (κ2) is 5.90. The molecule has 0 unspecified atom stereocenters. The second-order valence-electron chi connectivity index (χ2n) is 7.76. The molecule has 4 rings (SSSR count). The normalized spacial score (nSPS) is 14.6. The molecule has 0 spiro atoms. The first-order chi connectivity index (χ1) is 12.3. The van der Waals surface area contributed by atoms with Gasteiger partial charge in [-0.2, -0.15) is 5.10 Å². The predicted molar refractivity (Wildman–Crippen MR) is 100.0 cm³/mol. The third-order valence-electron chi connectivity index (χ3n) is 5.11. The topological polar surface area (TPSA) is 72.2 Å². The highest BCUT2D eigenvalue weighted by Gasteiger charge is 2.39.